The van der Waals surface area contributed by atoms with Gasteiger partial charge in [0.15, 0.2) is 11.6 Å². The molecule has 1 aromatic rings. The van der Waals surface area contributed by atoms with Crippen LogP contribution in [0, 0.1) is 17.8 Å². The first kappa shape index (κ1) is 21.3. The minimum absolute atomic E-state index is 0.0167. The molecule has 1 aromatic carbocycles. The van der Waals surface area contributed by atoms with Gasteiger partial charge in [-0.1, -0.05) is 35.9 Å². The first-order valence-electron chi connectivity index (χ1n) is 10.9. The number of carbonyl (C=O) groups excluding carboxylic acids is 4. The van der Waals surface area contributed by atoms with E-state index in [9.17, 15) is 29.5 Å². The summed E-state index contributed by atoms with van der Waals surface area (Å²) in [5, 5.41) is 21.3. The van der Waals surface area contributed by atoms with E-state index < -0.39 is 35.5 Å². The molecule has 3 aliphatic carbocycles. The fraction of sp³-hybridized carbons (Fsp3) is 0.308. The summed E-state index contributed by atoms with van der Waals surface area (Å²) in [6, 6.07) is 5.27. The highest BCUT2D eigenvalue weighted by molar-refractivity contribution is 6.23. The summed E-state index contributed by atoms with van der Waals surface area (Å²) in [6.45, 7) is 5.32. The number of fused-ring (bicyclic) bond motifs is 3. The second-order valence-electron chi connectivity index (χ2n) is 9.06. The summed E-state index contributed by atoms with van der Waals surface area (Å²) in [6.07, 6.45) is 5.60. The van der Waals surface area contributed by atoms with Gasteiger partial charge in [0.25, 0.3) is 11.8 Å². The number of para-hydroxylation sites is 1. The summed E-state index contributed by atoms with van der Waals surface area (Å²) in [5.74, 6) is -4.65. The molecule has 7 heteroatoms. The quantitative estimate of drug-likeness (QED) is 0.320. The van der Waals surface area contributed by atoms with Gasteiger partial charge in [0, 0.05) is 28.2 Å². The maximum absolute atomic E-state index is 13.3. The van der Waals surface area contributed by atoms with Gasteiger partial charge in [0.1, 0.15) is 5.75 Å². The van der Waals surface area contributed by atoms with E-state index in [1.165, 1.54) is 6.08 Å². The number of hydrogen-bond donors (Lipinski definition) is 2. The first-order valence-corrected chi connectivity index (χ1v) is 10.9. The summed E-state index contributed by atoms with van der Waals surface area (Å²) in [7, 11) is 0. The highest BCUT2D eigenvalue weighted by atomic mass is 16.5. The molecular formula is C26H23NO6. The zero-order valence-corrected chi connectivity index (χ0v) is 18.1. The number of benzene rings is 1. The highest BCUT2D eigenvalue weighted by Gasteiger charge is 2.56. The molecule has 1 saturated heterocycles. The van der Waals surface area contributed by atoms with Crippen molar-refractivity contribution in [2.24, 2.45) is 17.8 Å². The van der Waals surface area contributed by atoms with Crippen LogP contribution in [-0.2, 0) is 25.6 Å². The fourth-order valence-electron chi connectivity index (χ4n) is 5.86. The first-order chi connectivity index (χ1) is 15.8. The Kier molecular flexibility index (Phi) is 4.83. The molecule has 1 aliphatic heterocycles. The largest absolute Gasteiger partial charge is 0.507 e. The lowest BCUT2D eigenvalue weighted by molar-refractivity contribution is -0.173. The molecule has 2 N–H and O–H groups in total. The van der Waals surface area contributed by atoms with Crippen molar-refractivity contribution in [2.45, 2.75) is 32.1 Å². The molecule has 4 atom stereocenters. The zero-order valence-electron chi connectivity index (χ0n) is 18.1. The van der Waals surface area contributed by atoms with Crippen molar-refractivity contribution in [1.29, 1.82) is 0 Å². The van der Waals surface area contributed by atoms with E-state index in [0.717, 1.165) is 5.57 Å². The second-order valence-corrected chi connectivity index (χ2v) is 9.06. The number of imide groups is 1. The van der Waals surface area contributed by atoms with Gasteiger partial charge >= 0.3 is 0 Å². The maximum Gasteiger partial charge on any atom is 0.257 e. The van der Waals surface area contributed by atoms with Crippen molar-refractivity contribution >= 4 is 23.4 Å². The minimum Gasteiger partial charge on any atom is -0.507 e. The summed E-state index contributed by atoms with van der Waals surface area (Å²) >= 11 is 0. The standard InChI is InChI=1S/C26H23NO6/c1-3-5-13-6-4-7-15(24(13)30)20-14-8-9-16-21(26(32)27(33)25(16)31)17(14)11-18-19(28)10-12(2)23(29)22(18)20/h3-4,6-8,10,16-17,20-21,30,33H,1,5,9,11H2,2H3. The van der Waals surface area contributed by atoms with Crippen molar-refractivity contribution < 1.29 is 29.5 Å². The SMILES string of the molecule is C=CCc1cccc(C2C3=CCC4C(=O)N(O)C(=O)C4C3CC3=C2C(=O)C(C)=CC3=O)c1O. The average molecular weight is 445 g/mol. The number of aromatic hydroxyl groups is 1. The van der Waals surface area contributed by atoms with Gasteiger partial charge < -0.3 is 5.11 Å². The van der Waals surface area contributed by atoms with E-state index in [1.54, 1.807) is 31.2 Å². The van der Waals surface area contributed by atoms with Gasteiger partial charge in [0.05, 0.1) is 11.8 Å². The number of allylic oxidation sites excluding steroid dienone is 7. The molecule has 0 spiro atoms. The van der Waals surface area contributed by atoms with E-state index >= 15 is 0 Å². The van der Waals surface area contributed by atoms with Crippen molar-refractivity contribution in [3.8, 4) is 5.75 Å². The van der Waals surface area contributed by atoms with Crippen molar-refractivity contribution in [1.82, 2.24) is 5.06 Å². The Balaban J connectivity index is 1.74. The van der Waals surface area contributed by atoms with Gasteiger partial charge in [-0.05, 0) is 43.7 Å². The molecule has 1 fully saturated rings. The molecule has 4 aliphatic rings. The Bertz CT molecular complexity index is 1250. The third kappa shape index (κ3) is 2.92. The van der Waals surface area contributed by atoms with Gasteiger partial charge in [-0.15, -0.1) is 6.58 Å². The molecule has 2 amide bonds. The zero-order chi connectivity index (χ0) is 23.6. The van der Waals surface area contributed by atoms with Crippen molar-refractivity contribution in [2.75, 3.05) is 0 Å². The van der Waals surface area contributed by atoms with Crippen LogP contribution in [0.5, 0.6) is 5.75 Å². The number of amides is 2. The van der Waals surface area contributed by atoms with Crippen LogP contribution in [0.2, 0.25) is 0 Å². The van der Waals surface area contributed by atoms with Gasteiger partial charge in [-0.3, -0.25) is 24.4 Å². The number of Topliss-reactive ketones (excluding diaryl/α,β-unsaturated/α-hetero) is 1. The highest BCUT2D eigenvalue weighted by Crippen LogP contribution is 2.56. The molecule has 5 rings (SSSR count). The smallest absolute Gasteiger partial charge is 0.257 e. The minimum atomic E-state index is -0.813. The Morgan fingerprint density at radius 2 is 1.91 bits per heavy atom. The second kappa shape index (κ2) is 7.49. The Labute approximate surface area is 190 Å². The van der Waals surface area contributed by atoms with Crippen LogP contribution < -0.4 is 0 Å². The molecule has 4 unspecified atom stereocenters. The molecule has 168 valence electrons. The molecule has 7 nitrogen and oxygen atoms in total. The normalized spacial score (nSPS) is 28.8. The van der Waals surface area contributed by atoms with Gasteiger partial charge in [0.2, 0.25) is 0 Å². The Morgan fingerprint density at radius 3 is 2.64 bits per heavy atom. The molecule has 33 heavy (non-hydrogen) atoms. The van der Waals surface area contributed by atoms with Gasteiger partial charge in [-0.2, -0.15) is 5.06 Å². The molecule has 0 radical (unpaired) electrons. The van der Waals surface area contributed by atoms with Crippen LogP contribution in [0.3, 0.4) is 0 Å². The van der Waals surface area contributed by atoms with E-state index in [4.69, 9.17) is 0 Å². The maximum atomic E-state index is 13.3. The molecule has 0 saturated carbocycles. The number of hydroxylamine groups is 2. The third-order valence-corrected chi connectivity index (χ3v) is 7.37. The monoisotopic (exact) mass is 445 g/mol. The lowest BCUT2D eigenvalue weighted by Gasteiger charge is -2.42. The number of phenols is 1. The number of ketones is 2. The van der Waals surface area contributed by atoms with Crippen LogP contribution in [0.4, 0.5) is 0 Å². The lowest BCUT2D eigenvalue weighted by Crippen LogP contribution is -2.39. The Hall–Kier alpha value is -3.58. The molecule has 1 heterocycles. The van der Waals surface area contributed by atoms with Crippen molar-refractivity contribution in [3.05, 3.63) is 76.4 Å². The predicted molar refractivity (Wildman–Crippen MR) is 117 cm³/mol. The van der Waals surface area contributed by atoms with Crippen LogP contribution in [0.25, 0.3) is 0 Å². The van der Waals surface area contributed by atoms with E-state index in [1.807, 2.05) is 6.08 Å². The molecular weight excluding hydrogens is 422 g/mol. The molecule has 0 bridgehead atoms. The van der Waals surface area contributed by atoms with Crippen LogP contribution in [0.15, 0.2) is 65.3 Å². The van der Waals surface area contributed by atoms with E-state index in [-0.39, 0.29) is 35.2 Å². The predicted octanol–water partition coefficient (Wildman–Crippen LogP) is 2.94. The summed E-state index contributed by atoms with van der Waals surface area (Å²) in [5.41, 5.74) is 2.80. The third-order valence-electron chi connectivity index (χ3n) is 7.37. The number of hydrogen-bond acceptors (Lipinski definition) is 6. The summed E-state index contributed by atoms with van der Waals surface area (Å²) in [4.78, 5) is 51.5. The topological polar surface area (TPSA) is 112 Å². The fourth-order valence-corrected chi connectivity index (χ4v) is 5.86. The summed E-state index contributed by atoms with van der Waals surface area (Å²) < 4.78 is 0. The molecule has 0 aromatic heterocycles. The lowest BCUT2D eigenvalue weighted by atomic mass is 9.59. The van der Waals surface area contributed by atoms with E-state index in [0.29, 0.717) is 34.3 Å². The Morgan fingerprint density at radius 1 is 1.15 bits per heavy atom. The number of phenolic OH excluding ortho intramolecular Hbond substituents is 1. The van der Waals surface area contributed by atoms with Crippen LogP contribution >= 0.6 is 0 Å². The van der Waals surface area contributed by atoms with Crippen LogP contribution in [0.1, 0.15) is 36.8 Å². The van der Waals surface area contributed by atoms with Gasteiger partial charge in [-0.25, -0.2) is 0 Å². The number of nitrogens with zero attached hydrogens (tertiary/aromatic N) is 1. The average Bonchev–Trinajstić information content (AvgIpc) is 3.02. The number of rotatable bonds is 3. The van der Waals surface area contributed by atoms with Crippen LogP contribution in [-0.4, -0.2) is 38.8 Å². The number of carbonyl (C=O) groups is 4. The van der Waals surface area contributed by atoms with Crippen molar-refractivity contribution in [3.63, 3.8) is 0 Å². The van der Waals surface area contributed by atoms with E-state index in [2.05, 4.69) is 6.58 Å².